The van der Waals surface area contributed by atoms with Gasteiger partial charge in [0, 0.05) is 0 Å². The van der Waals surface area contributed by atoms with E-state index in [9.17, 15) is 9.59 Å². The highest BCUT2D eigenvalue weighted by Gasteiger charge is 2.08. The highest BCUT2D eigenvalue weighted by Crippen LogP contribution is 2.13. The summed E-state index contributed by atoms with van der Waals surface area (Å²) in [6, 6.07) is 14.5. The van der Waals surface area contributed by atoms with Crippen LogP contribution in [0.5, 0.6) is 0 Å². The number of hydrogen-bond acceptors (Lipinski definition) is 2. The van der Waals surface area contributed by atoms with Crippen LogP contribution in [-0.2, 0) is 12.8 Å². The second-order valence-corrected chi connectivity index (χ2v) is 6.84. The normalized spacial score (nSPS) is 10.1. The fourth-order valence-electron chi connectivity index (χ4n) is 3.02. The minimum Gasteiger partial charge on any atom is -0.478 e. The molecule has 0 aliphatic rings. The average molecular weight is 385 g/mol. The Morgan fingerprint density at radius 2 is 1.00 bits per heavy atom. The zero-order valence-corrected chi connectivity index (χ0v) is 17.0. The van der Waals surface area contributed by atoms with Crippen LogP contribution in [-0.4, -0.2) is 22.2 Å². The molecule has 2 rings (SSSR count). The summed E-state index contributed by atoms with van der Waals surface area (Å²) in [6.45, 7) is 4.28. The third kappa shape index (κ3) is 8.38. The molecule has 0 bridgehead atoms. The van der Waals surface area contributed by atoms with Gasteiger partial charge < -0.3 is 10.2 Å². The Morgan fingerprint density at radius 3 is 1.32 bits per heavy atom. The van der Waals surface area contributed by atoms with Crippen LogP contribution in [0.1, 0.15) is 84.2 Å². The van der Waals surface area contributed by atoms with Crippen LogP contribution >= 0.6 is 0 Å². The van der Waals surface area contributed by atoms with Gasteiger partial charge in [0.05, 0.1) is 11.1 Å². The maximum atomic E-state index is 10.9. The lowest BCUT2D eigenvalue weighted by molar-refractivity contribution is 0.0684. The van der Waals surface area contributed by atoms with Gasteiger partial charge in [-0.15, -0.1) is 0 Å². The number of hydrogen-bond donors (Lipinski definition) is 2. The first-order valence-corrected chi connectivity index (χ1v) is 10.1. The molecule has 0 saturated heterocycles. The summed E-state index contributed by atoms with van der Waals surface area (Å²) in [4.78, 5) is 21.7. The van der Waals surface area contributed by atoms with Gasteiger partial charge in [0.2, 0.25) is 0 Å². The minimum absolute atomic E-state index is 0.448. The van der Waals surface area contributed by atoms with Gasteiger partial charge in [0.25, 0.3) is 0 Å². The zero-order chi connectivity index (χ0) is 20.8. The Balaban J connectivity index is 0.000000280. The number of carbonyl (C=O) groups is 2. The van der Waals surface area contributed by atoms with E-state index in [2.05, 4.69) is 13.8 Å². The van der Waals surface area contributed by atoms with Crippen molar-refractivity contribution in [2.75, 3.05) is 0 Å². The van der Waals surface area contributed by atoms with Crippen LogP contribution < -0.4 is 0 Å². The number of aromatic carboxylic acids is 2. The molecule has 0 aromatic heterocycles. The van der Waals surface area contributed by atoms with Crippen molar-refractivity contribution in [2.45, 2.75) is 65.2 Å². The van der Waals surface area contributed by atoms with E-state index < -0.39 is 11.9 Å². The van der Waals surface area contributed by atoms with Crippen molar-refractivity contribution in [1.29, 1.82) is 0 Å². The largest absolute Gasteiger partial charge is 0.478 e. The van der Waals surface area contributed by atoms with E-state index in [-0.39, 0.29) is 0 Å². The highest BCUT2D eigenvalue weighted by molar-refractivity contribution is 5.89. The third-order valence-electron chi connectivity index (χ3n) is 4.59. The fraction of sp³-hybridized carbons (Fsp3) is 0.417. The molecule has 4 heteroatoms. The van der Waals surface area contributed by atoms with Crippen LogP contribution in [0.4, 0.5) is 0 Å². The summed E-state index contributed by atoms with van der Waals surface area (Å²) in [7, 11) is 0. The highest BCUT2D eigenvalue weighted by atomic mass is 16.4. The summed E-state index contributed by atoms with van der Waals surface area (Å²) in [6.07, 6.45) is 8.53. The molecule has 0 aliphatic heterocycles. The van der Waals surface area contributed by atoms with Crippen LogP contribution in [0, 0.1) is 0 Å². The minimum atomic E-state index is -0.822. The lowest BCUT2D eigenvalue weighted by Gasteiger charge is -2.04. The molecule has 0 fully saturated rings. The second kappa shape index (κ2) is 13.5. The van der Waals surface area contributed by atoms with Crippen LogP contribution in [0.15, 0.2) is 48.5 Å². The van der Waals surface area contributed by atoms with Crippen molar-refractivity contribution in [3.8, 4) is 0 Å². The van der Waals surface area contributed by atoms with Crippen molar-refractivity contribution in [3.05, 3.63) is 70.8 Å². The molecule has 152 valence electrons. The van der Waals surface area contributed by atoms with E-state index >= 15 is 0 Å². The quantitative estimate of drug-likeness (QED) is 0.476. The number of carboxylic acid groups (broad SMARTS) is 2. The van der Waals surface area contributed by atoms with Crippen molar-refractivity contribution in [2.24, 2.45) is 0 Å². The van der Waals surface area contributed by atoms with Crippen LogP contribution in [0.3, 0.4) is 0 Å². The molecule has 0 spiro atoms. The smallest absolute Gasteiger partial charge is 0.335 e. The van der Waals surface area contributed by atoms with E-state index in [1.165, 1.54) is 0 Å². The Bertz CT molecular complexity index is 673. The monoisotopic (exact) mass is 384 g/mol. The summed E-state index contributed by atoms with van der Waals surface area (Å²) >= 11 is 0. The first-order valence-electron chi connectivity index (χ1n) is 10.1. The first-order chi connectivity index (χ1) is 13.5. The topological polar surface area (TPSA) is 74.6 Å². The Kier molecular flexibility index (Phi) is 11.3. The van der Waals surface area contributed by atoms with Gasteiger partial charge in [-0.05, 0) is 48.9 Å². The second-order valence-electron chi connectivity index (χ2n) is 6.84. The molecule has 0 heterocycles. The molecule has 28 heavy (non-hydrogen) atoms. The number of benzene rings is 2. The van der Waals surface area contributed by atoms with Crippen molar-refractivity contribution in [1.82, 2.24) is 0 Å². The molecule has 2 aromatic carbocycles. The van der Waals surface area contributed by atoms with Gasteiger partial charge in [-0.2, -0.15) is 0 Å². The molecule has 0 amide bonds. The molecular formula is C24H32O4. The van der Waals surface area contributed by atoms with E-state index in [1.807, 2.05) is 24.3 Å². The van der Waals surface area contributed by atoms with Gasteiger partial charge in [-0.3, -0.25) is 0 Å². The molecule has 4 nitrogen and oxygen atoms in total. The van der Waals surface area contributed by atoms with Gasteiger partial charge in [0.1, 0.15) is 0 Å². The molecular weight excluding hydrogens is 352 g/mol. The Labute approximate surface area is 168 Å². The van der Waals surface area contributed by atoms with E-state index in [0.29, 0.717) is 11.1 Å². The van der Waals surface area contributed by atoms with Crippen molar-refractivity contribution >= 4 is 11.9 Å². The molecule has 0 radical (unpaired) electrons. The predicted octanol–water partition coefficient (Wildman–Crippen LogP) is 6.24. The van der Waals surface area contributed by atoms with Crippen LogP contribution in [0.2, 0.25) is 0 Å². The number of unbranched alkanes of at least 4 members (excludes halogenated alkanes) is 4. The Morgan fingerprint density at radius 1 is 0.643 bits per heavy atom. The number of carboxylic acids is 2. The van der Waals surface area contributed by atoms with Gasteiger partial charge in [0.15, 0.2) is 0 Å². The molecule has 0 unspecified atom stereocenters. The molecule has 0 atom stereocenters. The summed E-state index contributed by atoms with van der Waals surface area (Å²) < 4.78 is 0. The first kappa shape index (κ1) is 23.4. The van der Waals surface area contributed by atoms with Gasteiger partial charge in [-0.25, -0.2) is 9.59 Å². The number of rotatable bonds is 10. The van der Waals surface area contributed by atoms with Gasteiger partial charge >= 0.3 is 11.9 Å². The molecule has 2 N–H and O–H groups in total. The summed E-state index contributed by atoms with van der Waals surface area (Å²) in [5, 5.41) is 17.8. The fourth-order valence-corrected chi connectivity index (χ4v) is 3.02. The maximum absolute atomic E-state index is 10.9. The van der Waals surface area contributed by atoms with Gasteiger partial charge in [-0.1, -0.05) is 75.9 Å². The summed E-state index contributed by atoms with van der Waals surface area (Å²) in [5.74, 6) is -1.64. The lowest BCUT2D eigenvalue weighted by Crippen LogP contribution is -2.01. The van der Waals surface area contributed by atoms with E-state index in [4.69, 9.17) is 10.2 Å². The molecule has 0 aliphatic carbocycles. The standard InChI is InChI=1S/2C12H16O2/c2*1-2-3-4-7-10-8-5-6-9-11(10)12(13)14/h2*5-6,8-9H,2-4,7H2,1H3,(H,13,14). The van der Waals surface area contributed by atoms with E-state index in [1.54, 1.807) is 24.3 Å². The lowest BCUT2D eigenvalue weighted by atomic mass is 10.0. The molecule has 0 saturated carbocycles. The van der Waals surface area contributed by atoms with Crippen molar-refractivity contribution < 1.29 is 19.8 Å². The third-order valence-corrected chi connectivity index (χ3v) is 4.59. The Hall–Kier alpha value is -2.62. The zero-order valence-electron chi connectivity index (χ0n) is 17.0. The maximum Gasteiger partial charge on any atom is 0.335 e. The summed E-state index contributed by atoms with van der Waals surface area (Å²) in [5.41, 5.74) is 2.80. The molecule has 2 aromatic rings. The predicted molar refractivity (Wildman–Crippen MR) is 113 cm³/mol. The van der Waals surface area contributed by atoms with Crippen molar-refractivity contribution in [3.63, 3.8) is 0 Å². The average Bonchev–Trinajstić information content (AvgIpc) is 2.69. The van der Waals surface area contributed by atoms with E-state index in [0.717, 1.165) is 62.5 Å². The number of aryl methyl sites for hydroxylation is 2. The van der Waals surface area contributed by atoms with Crippen LogP contribution in [0.25, 0.3) is 0 Å². The SMILES string of the molecule is CCCCCc1ccccc1C(=O)O.CCCCCc1ccccc1C(=O)O.